The molecule has 1 aliphatic heterocycles. The predicted molar refractivity (Wildman–Crippen MR) is 137 cm³/mol. The minimum absolute atomic E-state index is 0.0725. The Morgan fingerprint density at radius 1 is 1.12 bits per heavy atom. The number of para-hydroxylation sites is 1. The molecule has 1 saturated heterocycles. The lowest BCUT2D eigenvalue weighted by molar-refractivity contribution is 0.0773. The Labute approximate surface area is 200 Å². The Kier molecular flexibility index (Phi) is 7.57. The van der Waals surface area contributed by atoms with Gasteiger partial charge in [0.15, 0.2) is 0 Å². The van der Waals surface area contributed by atoms with E-state index in [-0.39, 0.29) is 5.91 Å². The molecular weight excluding hydrogens is 428 g/mol. The third kappa shape index (κ3) is 5.18. The van der Waals surface area contributed by atoms with Crippen LogP contribution in [0.4, 0.5) is 5.69 Å². The zero-order chi connectivity index (χ0) is 23.2. The van der Waals surface area contributed by atoms with E-state index in [9.17, 15) is 4.79 Å². The quantitative estimate of drug-likeness (QED) is 0.494. The van der Waals surface area contributed by atoms with Gasteiger partial charge in [0.25, 0.3) is 5.91 Å². The number of nitrogens with two attached hydrogens (primary N) is 1. The highest BCUT2D eigenvalue weighted by Gasteiger charge is 2.25. The van der Waals surface area contributed by atoms with Crippen LogP contribution in [-0.4, -0.2) is 42.0 Å². The van der Waals surface area contributed by atoms with Crippen molar-refractivity contribution in [2.75, 3.05) is 31.9 Å². The van der Waals surface area contributed by atoms with Gasteiger partial charge in [-0.25, -0.2) is 4.98 Å². The lowest BCUT2D eigenvalue weighted by Gasteiger charge is -2.30. The molecule has 5 nitrogen and oxygen atoms in total. The van der Waals surface area contributed by atoms with Crippen molar-refractivity contribution in [3.8, 4) is 0 Å². The van der Waals surface area contributed by atoms with Crippen molar-refractivity contribution in [2.45, 2.75) is 26.7 Å². The normalized spacial score (nSPS) is 17.6. The van der Waals surface area contributed by atoms with E-state index >= 15 is 0 Å². The largest absolute Gasteiger partial charge is 0.398 e. The minimum Gasteiger partial charge on any atom is -0.398 e. The number of nitrogens with zero attached hydrogens (tertiary/aromatic N) is 2. The van der Waals surface area contributed by atoms with Crippen LogP contribution >= 0.6 is 11.3 Å². The van der Waals surface area contributed by atoms with Crippen LogP contribution in [0, 0.1) is 5.92 Å². The maximum Gasteiger partial charge on any atom is 0.253 e. The average molecular weight is 461 g/mol. The van der Waals surface area contributed by atoms with Gasteiger partial charge in [-0.05, 0) is 68.5 Å². The first kappa shape index (κ1) is 23.2. The van der Waals surface area contributed by atoms with Gasteiger partial charge >= 0.3 is 0 Å². The standard InChI is InChI=1S/C27H32N4OS/c1-3-31(4-2)27(32)20-11-9-19(10-12-20)26(24-7-5-6-8-25(24)28)23-13-14-29-16-21(23)15-22-17-33-18-30-22/h5-12,17-18,21,29H,3-4,13-16,28H2,1-2H3. The number of carbonyl (C=O) groups excluding carboxylic acids is 1. The van der Waals surface area contributed by atoms with Gasteiger partial charge in [0.05, 0.1) is 11.2 Å². The van der Waals surface area contributed by atoms with Gasteiger partial charge in [-0.1, -0.05) is 35.9 Å². The third-order valence-electron chi connectivity index (χ3n) is 6.42. The molecule has 2 heterocycles. The zero-order valence-electron chi connectivity index (χ0n) is 19.4. The number of hydrogen-bond acceptors (Lipinski definition) is 5. The monoisotopic (exact) mass is 460 g/mol. The van der Waals surface area contributed by atoms with E-state index in [1.807, 2.05) is 54.6 Å². The highest BCUT2D eigenvalue weighted by atomic mass is 32.1. The number of nitrogens with one attached hydrogen (secondary N) is 1. The van der Waals surface area contributed by atoms with E-state index < -0.39 is 0 Å². The van der Waals surface area contributed by atoms with Crippen LogP contribution < -0.4 is 11.1 Å². The fraction of sp³-hybridized carbons (Fsp3) is 0.333. The summed E-state index contributed by atoms with van der Waals surface area (Å²) < 4.78 is 0. The van der Waals surface area contributed by atoms with Gasteiger partial charge in [-0.15, -0.1) is 11.3 Å². The second kappa shape index (κ2) is 10.8. The van der Waals surface area contributed by atoms with Crippen LogP contribution in [0.5, 0.6) is 0 Å². The van der Waals surface area contributed by atoms with Crippen molar-refractivity contribution in [1.29, 1.82) is 0 Å². The summed E-state index contributed by atoms with van der Waals surface area (Å²) in [5, 5.41) is 5.69. The Balaban J connectivity index is 1.79. The SMILES string of the molecule is CCN(CC)C(=O)c1ccc(C(=C2CCNCC2Cc2cscn2)c2ccccc2N)cc1. The number of benzene rings is 2. The van der Waals surface area contributed by atoms with Crippen molar-refractivity contribution in [2.24, 2.45) is 5.92 Å². The molecule has 172 valence electrons. The molecule has 0 saturated carbocycles. The first-order chi connectivity index (χ1) is 16.1. The van der Waals surface area contributed by atoms with Crippen LogP contribution in [0.3, 0.4) is 0 Å². The van der Waals surface area contributed by atoms with Crippen molar-refractivity contribution in [1.82, 2.24) is 15.2 Å². The number of amides is 1. The molecule has 1 amide bonds. The van der Waals surface area contributed by atoms with Gasteiger partial charge in [-0.2, -0.15) is 0 Å². The van der Waals surface area contributed by atoms with E-state index in [0.29, 0.717) is 19.0 Å². The molecule has 0 aliphatic carbocycles. The summed E-state index contributed by atoms with van der Waals surface area (Å²) in [5.74, 6) is 0.413. The second-order valence-electron chi connectivity index (χ2n) is 8.38. The minimum atomic E-state index is 0.0725. The number of rotatable bonds is 7. The van der Waals surface area contributed by atoms with Gasteiger partial charge in [-0.3, -0.25) is 4.79 Å². The number of nitrogen functional groups attached to an aromatic ring is 1. The summed E-state index contributed by atoms with van der Waals surface area (Å²) in [4.78, 5) is 19.2. The van der Waals surface area contributed by atoms with Crippen LogP contribution in [0.15, 0.2) is 65.0 Å². The first-order valence-corrected chi connectivity index (χ1v) is 12.6. The van der Waals surface area contributed by atoms with Crippen molar-refractivity contribution in [3.05, 3.63) is 87.4 Å². The molecule has 6 heteroatoms. The molecule has 0 radical (unpaired) electrons. The van der Waals surface area contributed by atoms with Crippen LogP contribution in [0.25, 0.3) is 5.57 Å². The molecule has 0 spiro atoms. The highest BCUT2D eigenvalue weighted by molar-refractivity contribution is 7.07. The molecule has 3 N–H and O–H groups in total. The second-order valence-corrected chi connectivity index (χ2v) is 9.10. The van der Waals surface area contributed by atoms with Crippen molar-refractivity contribution < 1.29 is 4.79 Å². The number of thiazole rings is 1. The van der Waals surface area contributed by atoms with Crippen LogP contribution in [0.2, 0.25) is 0 Å². The van der Waals surface area contributed by atoms with E-state index in [2.05, 4.69) is 33.9 Å². The number of anilines is 1. The van der Waals surface area contributed by atoms with E-state index in [4.69, 9.17) is 5.73 Å². The van der Waals surface area contributed by atoms with Gasteiger partial charge in [0, 0.05) is 41.8 Å². The Morgan fingerprint density at radius 3 is 2.52 bits per heavy atom. The molecule has 2 aromatic carbocycles. The smallest absolute Gasteiger partial charge is 0.253 e. The summed E-state index contributed by atoms with van der Waals surface area (Å²) in [6.07, 6.45) is 1.86. The van der Waals surface area contributed by atoms with Gasteiger partial charge in [0.1, 0.15) is 0 Å². The fourth-order valence-corrected chi connectivity index (χ4v) is 5.22. The van der Waals surface area contributed by atoms with E-state index in [1.54, 1.807) is 11.3 Å². The fourth-order valence-electron chi connectivity index (χ4n) is 4.65. The topological polar surface area (TPSA) is 71.2 Å². The molecule has 0 bridgehead atoms. The lowest BCUT2D eigenvalue weighted by Crippen LogP contribution is -2.33. The van der Waals surface area contributed by atoms with Crippen LogP contribution in [-0.2, 0) is 6.42 Å². The summed E-state index contributed by atoms with van der Waals surface area (Å²) in [6, 6.07) is 16.1. The molecule has 1 unspecified atom stereocenters. The Morgan fingerprint density at radius 2 is 1.85 bits per heavy atom. The summed E-state index contributed by atoms with van der Waals surface area (Å²) >= 11 is 1.64. The number of piperidine rings is 1. The van der Waals surface area contributed by atoms with Crippen LogP contribution in [0.1, 0.15) is 47.4 Å². The Hall–Kier alpha value is -2.96. The zero-order valence-corrected chi connectivity index (χ0v) is 20.2. The first-order valence-electron chi connectivity index (χ1n) is 11.7. The van der Waals surface area contributed by atoms with Gasteiger partial charge in [0.2, 0.25) is 0 Å². The van der Waals surface area contributed by atoms with E-state index in [1.165, 1.54) is 11.1 Å². The molecule has 1 aliphatic rings. The third-order valence-corrected chi connectivity index (χ3v) is 7.05. The highest BCUT2D eigenvalue weighted by Crippen LogP contribution is 2.37. The summed E-state index contributed by atoms with van der Waals surface area (Å²) in [5.41, 5.74) is 15.8. The molecular formula is C27H32N4OS. The molecule has 4 rings (SSSR count). The lowest BCUT2D eigenvalue weighted by atomic mass is 9.80. The van der Waals surface area contributed by atoms with Gasteiger partial charge < -0.3 is 16.0 Å². The predicted octanol–water partition coefficient (Wildman–Crippen LogP) is 4.86. The summed E-state index contributed by atoms with van der Waals surface area (Å²) in [6.45, 7) is 7.29. The molecule has 1 aromatic heterocycles. The maximum atomic E-state index is 12.8. The molecule has 1 fully saturated rings. The number of aromatic nitrogens is 1. The van der Waals surface area contributed by atoms with Crippen molar-refractivity contribution in [3.63, 3.8) is 0 Å². The molecule has 33 heavy (non-hydrogen) atoms. The number of carbonyl (C=O) groups is 1. The maximum absolute atomic E-state index is 12.8. The van der Waals surface area contributed by atoms with Crippen molar-refractivity contribution >= 4 is 28.5 Å². The average Bonchev–Trinajstić information content (AvgIpc) is 3.36. The van der Waals surface area contributed by atoms with E-state index in [0.717, 1.165) is 54.0 Å². The number of hydrogen-bond donors (Lipinski definition) is 2. The molecule has 3 aromatic rings. The molecule has 1 atom stereocenters. The Bertz CT molecular complexity index is 1100. The summed E-state index contributed by atoms with van der Waals surface area (Å²) in [7, 11) is 0.